The number of halogens is 1. The number of nitrogens with zero attached hydrogens (tertiary/aromatic N) is 2. The molecule has 1 aromatic carbocycles. The highest BCUT2D eigenvalue weighted by molar-refractivity contribution is 7.89. The molecule has 1 N–H and O–H groups in total. The second kappa shape index (κ2) is 6.99. The number of hydrogen-bond acceptors (Lipinski definition) is 4. The summed E-state index contributed by atoms with van der Waals surface area (Å²) in [6.45, 7) is 1.04. The third kappa shape index (κ3) is 3.27. The van der Waals surface area contributed by atoms with Gasteiger partial charge in [0.25, 0.3) is 0 Å². The average Bonchev–Trinajstić information content (AvgIpc) is 2.43. The van der Waals surface area contributed by atoms with Crippen LogP contribution in [0.2, 0.25) is 0 Å². The van der Waals surface area contributed by atoms with Crippen molar-refractivity contribution in [2.24, 2.45) is 0 Å². The van der Waals surface area contributed by atoms with Gasteiger partial charge in [0.05, 0.1) is 10.4 Å². The molecule has 7 heteroatoms. The SMILES string of the molecule is CNCCN(C)S(=O)(=O)c1cccc2ncccc12.Cl. The van der Waals surface area contributed by atoms with E-state index in [2.05, 4.69) is 10.3 Å². The van der Waals surface area contributed by atoms with Gasteiger partial charge in [-0.2, -0.15) is 4.31 Å². The van der Waals surface area contributed by atoms with Crippen LogP contribution in [0.25, 0.3) is 10.9 Å². The molecule has 0 spiro atoms. The van der Waals surface area contributed by atoms with Crippen molar-refractivity contribution in [3.63, 3.8) is 0 Å². The summed E-state index contributed by atoms with van der Waals surface area (Å²) in [4.78, 5) is 4.48. The zero-order valence-electron chi connectivity index (χ0n) is 11.4. The lowest BCUT2D eigenvalue weighted by molar-refractivity contribution is 0.466. The van der Waals surface area contributed by atoms with Crippen molar-refractivity contribution < 1.29 is 8.42 Å². The molecule has 2 aromatic rings. The molecule has 0 radical (unpaired) electrons. The molecule has 0 fully saturated rings. The van der Waals surface area contributed by atoms with Crippen LogP contribution in [0, 0.1) is 0 Å². The molecule has 2 rings (SSSR count). The number of hydrogen-bond donors (Lipinski definition) is 1. The number of pyridine rings is 1. The number of sulfonamides is 1. The molecule has 0 atom stereocenters. The number of fused-ring (bicyclic) bond motifs is 1. The molecular weight excluding hydrogens is 298 g/mol. The van der Waals surface area contributed by atoms with Crippen molar-refractivity contribution in [3.05, 3.63) is 36.5 Å². The van der Waals surface area contributed by atoms with Gasteiger partial charge in [-0.15, -0.1) is 12.4 Å². The van der Waals surface area contributed by atoms with Crippen LogP contribution < -0.4 is 5.32 Å². The lowest BCUT2D eigenvalue weighted by Gasteiger charge is -2.18. The molecule has 0 saturated carbocycles. The number of aromatic nitrogens is 1. The zero-order valence-corrected chi connectivity index (χ0v) is 13.0. The van der Waals surface area contributed by atoms with Crippen LogP contribution in [0.3, 0.4) is 0 Å². The summed E-state index contributed by atoms with van der Waals surface area (Å²) < 4.78 is 26.4. The van der Waals surface area contributed by atoms with Gasteiger partial charge in [0.15, 0.2) is 0 Å². The first kappa shape index (κ1) is 16.8. The largest absolute Gasteiger partial charge is 0.318 e. The minimum absolute atomic E-state index is 0. The molecule has 0 aliphatic carbocycles. The van der Waals surface area contributed by atoms with E-state index in [0.29, 0.717) is 28.9 Å². The normalized spacial score (nSPS) is 11.6. The van der Waals surface area contributed by atoms with E-state index in [0.717, 1.165) is 0 Å². The van der Waals surface area contributed by atoms with Gasteiger partial charge in [-0.1, -0.05) is 6.07 Å². The molecule has 110 valence electrons. The molecular formula is C13H18ClN3O2S. The smallest absolute Gasteiger partial charge is 0.243 e. The zero-order chi connectivity index (χ0) is 13.9. The van der Waals surface area contributed by atoms with Crippen molar-refractivity contribution in [1.29, 1.82) is 0 Å². The van der Waals surface area contributed by atoms with Crippen LogP contribution >= 0.6 is 12.4 Å². The Morgan fingerprint density at radius 3 is 2.70 bits per heavy atom. The summed E-state index contributed by atoms with van der Waals surface area (Å²) in [5.74, 6) is 0. The van der Waals surface area contributed by atoms with E-state index in [4.69, 9.17) is 0 Å². The lowest BCUT2D eigenvalue weighted by atomic mass is 10.2. The second-order valence-electron chi connectivity index (χ2n) is 4.26. The van der Waals surface area contributed by atoms with E-state index in [9.17, 15) is 8.42 Å². The summed E-state index contributed by atoms with van der Waals surface area (Å²) in [5, 5.41) is 3.59. The van der Waals surface area contributed by atoms with E-state index in [1.165, 1.54) is 4.31 Å². The molecule has 20 heavy (non-hydrogen) atoms. The predicted octanol–water partition coefficient (Wildman–Crippen LogP) is 1.50. The van der Waals surface area contributed by atoms with Crippen molar-refractivity contribution >= 4 is 33.3 Å². The van der Waals surface area contributed by atoms with Crippen molar-refractivity contribution in [2.45, 2.75) is 4.90 Å². The number of benzene rings is 1. The monoisotopic (exact) mass is 315 g/mol. The van der Waals surface area contributed by atoms with Crippen LogP contribution in [0.1, 0.15) is 0 Å². The molecule has 0 bridgehead atoms. The highest BCUT2D eigenvalue weighted by Crippen LogP contribution is 2.23. The maximum absolute atomic E-state index is 12.5. The maximum atomic E-state index is 12.5. The van der Waals surface area contributed by atoms with Gasteiger partial charge >= 0.3 is 0 Å². The predicted molar refractivity (Wildman–Crippen MR) is 82.7 cm³/mol. The first-order valence-corrected chi connectivity index (χ1v) is 7.46. The van der Waals surface area contributed by atoms with Gasteiger partial charge in [0.2, 0.25) is 10.0 Å². The summed E-state index contributed by atoms with van der Waals surface area (Å²) in [5.41, 5.74) is 0.686. The van der Waals surface area contributed by atoms with Gasteiger partial charge in [-0.05, 0) is 31.3 Å². The molecule has 0 aliphatic rings. The maximum Gasteiger partial charge on any atom is 0.243 e. The van der Waals surface area contributed by atoms with Crippen LogP contribution in [-0.2, 0) is 10.0 Å². The summed E-state index contributed by atoms with van der Waals surface area (Å²) in [7, 11) is -0.105. The fraction of sp³-hybridized carbons (Fsp3) is 0.308. The van der Waals surface area contributed by atoms with Gasteiger partial charge in [-0.3, -0.25) is 4.98 Å². The fourth-order valence-corrected chi connectivity index (χ4v) is 3.23. The number of likely N-dealkylation sites (N-methyl/N-ethyl adjacent to an activating group) is 2. The first-order chi connectivity index (χ1) is 9.07. The van der Waals surface area contributed by atoms with Gasteiger partial charge in [0, 0.05) is 31.7 Å². The van der Waals surface area contributed by atoms with E-state index < -0.39 is 10.0 Å². The van der Waals surface area contributed by atoms with Crippen molar-refractivity contribution in [3.8, 4) is 0 Å². The van der Waals surface area contributed by atoms with E-state index >= 15 is 0 Å². The Kier molecular flexibility index (Phi) is 5.88. The standard InChI is InChI=1S/C13H17N3O2S.ClH/c1-14-9-10-16(2)19(17,18)13-7-3-6-12-11(13)5-4-8-15-12;/h3-8,14H,9-10H2,1-2H3;1H. The van der Waals surface area contributed by atoms with Crippen molar-refractivity contribution in [2.75, 3.05) is 27.2 Å². The second-order valence-corrected chi connectivity index (χ2v) is 6.27. The first-order valence-electron chi connectivity index (χ1n) is 6.02. The quantitative estimate of drug-likeness (QED) is 0.908. The summed E-state index contributed by atoms with van der Waals surface area (Å²) in [6, 6.07) is 8.67. The van der Waals surface area contributed by atoms with E-state index in [1.807, 2.05) is 6.07 Å². The minimum Gasteiger partial charge on any atom is -0.318 e. The molecule has 1 aromatic heterocycles. The summed E-state index contributed by atoms with van der Waals surface area (Å²) >= 11 is 0. The number of rotatable bonds is 5. The Balaban J connectivity index is 0.00000200. The average molecular weight is 316 g/mol. The highest BCUT2D eigenvalue weighted by atomic mass is 35.5. The highest BCUT2D eigenvalue weighted by Gasteiger charge is 2.22. The molecule has 1 heterocycles. The van der Waals surface area contributed by atoms with Crippen LogP contribution in [0.15, 0.2) is 41.4 Å². The Bertz CT molecular complexity index is 671. The van der Waals surface area contributed by atoms with Crippen LogP contribution in [0.5, 0.6) is 0 Å². The Hall–Kier alpha value is -1.21. The topological polar surface area (TPSA) is 62.3 Å². The molecule has 5 nitrogen and oxygen atoms in total. The van der Waals surface area contributed by atoms with Crippen LogP contribution in [0.4, 0.5) is 0 Å². The lowest BCUT2D eigenvalue weighted by Crippen LogP contribution is -2.32. The van der Waals surface area contributed by atoms with E-state index in [1.54, 1.807) is 44.6 Å². The third-order valence-corrected chi connectivity index (χ3v) is 4.89. The Morgan fingerprint density at radius 2 is 2.00 bits per heavy atom. The molecule has 0 amide bonds. The van der Waals surface area contributed by atoms with Crippen LogP contribution in [-0.4, -0.2) is 44.9 Å². The van der Waals surface area contributed by atoms with Crippen molar-refractivity contribution in [1.82, 2.24) is 14.6 Å². The summed E-state index contributed by atoms with van der Waals surface area (Å²) in [6.07, 6.45) is 1.66. The molecule has 0 aliphatic heterocycles. The molecule has 0 unspecified atom stereocenters. The Morgan fingerprint density at radius 1 is 1.25 bits per heavy atom. The Labute approximate surface area is 125 Å². The van der Waals surface area contributed by atoms with Gasteiger partial charge < -0.3 is 5.32 Å². The fourth-order valence-electron chi connectivity index (χ4n) is 1.86. The van der Waals surface area contributed by atoms with Gasteiger partial charge in [0.1, 0.15) is 0 Å². The molecule has 0 saturated heterocycles. The third-order valence-electron chi connectivity index (χ3n) is 2.97. The van der Waals surface area contributed by atoms with Gasteiger partial charge in [-0.25, -0.2) is 8.42 Å². The number of nitrogens with one attached hydrogen (secondary N) is 1. The minimum atomic E-state index is -3.48. The van der Waals surface area contributed by atoms with E-state index in [-0.39, 0.29) is 12.4 Å².